The van der Waals surface area contributed by atoms with Gasteiger partial charge >= 0.3 is 5.69 Å². The fraction of sp³-hybridized carbons (Fsp3) is 0.300. The van der Waals surface area contributed by atoms with Crippen LogP contribution in [-0.4, -0.2) is 35.1 Å². The van der Waals surface area contributed by atoms with Crippen LogP contribution in [0.15, 0.2) is 39.2 Å². The first-order valence-electron chi connectivity index (χ1n) is 9.50. The average Bonchev–Trinajstić information content (AvgIpc) is 3.35. The quantitative estimate of drug-likeness (QED) is 0.486. The van der Waals surface area contributed by atoms with Gasteiger partial charge in [0.15, 0.2) is 11.2 Å². The third kappa shape index (κ3) is 3.10. The third-order valence-electron chi connectivity index (χ3n) is 5.44. The molecule has 10 heteroatoms. The molecule has 154 valence electrons. The molecule has 0 radical (unpaired) electrons. The maximum Gasteiger partial charge on any atom is 0.332 e. The number of fused-ring (bicyclic) bond motifs is 3. The molecule has 3 aromatic heterocycles. The van der Waals surface area contributed by atoms with Crippen LogP contribution in [0.4, 0.5) is 0 Å². The van der Waals surface area contributed by atoms with Crippen LogP contribution in [0.25, 0.3) is 21.7 Å². The van der Waals surface area contributed by atoms with E-state index in [1.165, 1.54) is 11.6 Å². The number of halogens is 1. The zero-order chi connectivity index (χ0) is 21.0. The summed E-state index contributed by atoms with van der Waals surface area (Å²) in [6.45, 7) is 2.70. The lowest BCUT2D eigenvalue weighted by atomic mass is 10.2. The van der Waals surface area contributed by atoms with E-state index in [-0.39, 0.29) is 11.2 Å². The molecule has 8 nitrogen and oxygen atoms in total. The largest absolute Gasteiger partial charge is 0.332 e. The van der Waals surface area contributed by atoms with Crippen molar-refractivity contribution in [2.45, 2.75) is 19.6 Å². The SMILES string of the molecule is Cn1c(=O)c2c(nc3n2CCN(Cc2csc(-c4cccc(Cl)c4)n2)C3)n(C)c1=O. The number of hydrogen-bond donors (Lipinski definition) is 0. The Morgan fingerprint density at radius 2 is 1.97 bits per heavy atom. The topological polar surface area (TPSA) is 78.0 Å². The molecule has 0 saturated heterocycles. The Bertz CT molecular complexity index is 1400. The number of aromatic nitrogens is 5. The molecule has 0 N–H and O–H groups in total. The summed E-state index contributed by atoms with van der Waals surface area (Å²) in [5.74, 6) is 0.792. The Morgan fingerprint density at radius 1 is 1.13 bits per heavy atom. The first-order chi connectivity index (χ1) is 14.4. The van der Waals surface area contributed by atoms with Crippen molar-refractivity contribution in [2.24, 2.45) is 14.1 Å². The Morgan fingerprint density at radius 3 is 2.77 bits per heavy atom. The highest BCUT2D eigenvalue weighted by atomic mass is 35.5. The Kier molecular flexibility index (Phi) is 4.61. The summed E-state index contributed by atoms with van der Waals surface area (Å²) in [4.78, 5) is 36.5. The van der Waals surface area contributed by atoms with E-state index in [1.807, 2.05) is 28.8 Å². The van der Waals surface area contributed by atoms with Gasteiger partial charge in [-0.05, 0) is 12.1 Å². The van der Waals surface area contributed by atoms with Crippen LogP contribution in [0.2, 0.25) is 5.02 Å². The first-order valence-corrected chi connectivity index (χ1v) is 10.8. The molecule has 0 atom stereocenters. The third-order valence-corrected chi connectivity index (χ3v) is 6.62. The van der Waals surface area contributed by atoms with Gasteiger partial charge in [-0.3, -0.25) is 18.8 Å². The van der Waals surface area contributed by atoms with E-state index in [4.69, 9.17) is 16.6 Å². The van der Waals surface area contributed by atoms with Gasteiger partial charge in [0.25, 0.3) is 5.56 Å². The highest BCUT2D eigenvalue weighted by Gasteiger charge is 2.24. The van der Waals surface area contributed by atoms with Gasteiger partial charge in [0.2, 0.25) is 0 Å². The van der Waals surface area contributed by atoms with Gasteiger partial charge < -0.3 is 4.57 Å². The Labute approximate surface area is 180 Å². The lowest BCUT2D eigenvalue weighted by molar-refractivity contribution is 0.209. The van der Waals surface area contributed by atoms with E-state index in [9.17, 15) is 9.59 Å². The van der Waals surface area contributed by atoms with Crippen molar-refractivity contribution in [1.29, 1.82) is 0 Å². The standard InChI is InChI=1S/C20H19ClN6O2S/c1-24-17-16(19(28)25(2)20(24)29)27-7-6-26(10-15(27)23-17)9-14-11-30-18(22-14)12-4-3-5-13(21)8-12/h3-5,8,11H,6-7,9-10H2,1-2H3. The van der Waals surface area contributed by atoms with Crippen LogP contribution in [0.1, 0.15) is 11.5 Å². The van der Waals surface area contributed by atoms with Gasteiger partial charge in [0, 0.05) is 49.7 Å². The summed E-state index contributed by atoms with van der Waals surface area (Å²) in [6, 6.07) is 7.69. The molecule has 0 amide bonds. The maximum atomic E-state index is 12.6. The van der Waals surface area contributed by atoms with Gasteiger partial charge in [0.05, 0.1) is 12.2 Å². The summed E-state index contributed by atoms with van der Waals surface area (Å²) in [6.07, 6.45) is 0. The zero-order valence-corrected chi connectivity index (χ0v) is 18.1. The molecule has 0 unspecified atom stereocenters. The predicted molar refractivity (Wildman–Crippen MR) is 117 cm³/mol. The molecular weight excluding hydrogens is 424 g/mol. The fourth-order valence-electron chi connectivity index (χ4n) is 3.87. The van der Waals surface area contributed by atoms with Crippen molar-refractivity contribution >= 4 is 34.1 Å². The fourth-order valence-corrected chi connectivity index (χ4v) is 4.87. The number of aryl methyl sites for hydroxylation is 1. The number of rotatable bonds is 3. The molecule has 0 bridgehead atoms. The molecule has 30 heavy (non-hydrogen) atoms. The molecule has 4 aromatic rings. The maximum absolute atomic E-state index is 12.6. The minimum absolute atomic E-state index is 0.300. The summed E-state index contributed by atoms with van der Waals surface area (Å²) >= 11 is 7.69. The van der Waals surface area contributed by atoms with Gasteiger partial charge in [-0.15, -0.1) is 11.3 Å². The van der Waals surface area contributed by atoms with E-state index < -0.39 is 0 Å². The minimum atomic E-state index is -0.365. The molecule has 0 spiro atoms. The second kappa shape index (κ2) is 7.19. The normalized spacial score (nSPS) is 14.4. The lowest BCUT2D eigenvalue weighted by Crippen LogP contribution is -2.38. The summed E-state index contributed by atoms with van der Waals surface area (Å²) in [5, 5.41) is 3.70. The molecule has 0 saturated carbocycles. The van der Waals surface area contributed by atoms with E-state index >= 15 is 0 Å². The summed E-state index contributed by atoms with van der Waals surface area (Å²) in [7, 11) is 3.15. The van der Waals surface area contributed by atoms with E-state index in [2.05, 4.69) is 15.3 Å². The Balaban J connectivity index is 1.42. The number of nitrogens with zero attached hydrogens (tertiary/aromatic N) is 6. The summed E-state index contributed by atoms with van der Waals surface area (Å²) in [5.41, 5.74) is 2.27. The van der Waals surface area contributed by atoms with Crippen molar-refractivity contribution in [1.82, 2.24) is 28.6 Å². The van der Waals surface area contributed by atoms with Crippen LogP contribution in [-0.2, 0) is 33.7 Å². The monoisotopic (exact) mass is 442 g/mol. The molecule has 1 aromatic carbocycles. The number of benzene rings is 1. The molecule has 0 aliphatic carbocycles. The molecule has 4 heterocycles. The van der Waals surface area contributed by atoms with Gasteiger partial charge in [-0.1, -0.05) is 23.7 Å². The van der Waals surface area contributed by atoms with Crippen molar-refractivity contribution in [2.75, 3.05) is 6.54 Å². The minimum Gasteiger partial charge on any atom is -0.320 e. The number of imidazole rings is 1. The van der Waals surface area contributed by atoms with Crippen LogP contribution >= 0.6 is 22.9 Å². The second-order valence-corrected chi connectivity index (χ2v) is 8.72. The smallest absolute Gasteiger partial charge is 0.320 e. The van der Waals surface area contributed by atoms with Gasteiger partial charge in [-0.25, -0.2) is 14.8 Å². The highest BCUT2D eigenvalue weighted by molar-refractivity contribution is 7.13. The van der Waals surface area contributed by atoms with E-state index in [0.717, 1.165) is 33.2 Å². The molecular formula is C20H19ClN6O2S. The Hall–Kier alpha value is -2.75. The van der Waals surface area contributed by atoms with Gasteiger partial charge in [0.1, 0.15) is 10.8 Å². The second-order valence-electron chi connectivity index (χ2n) is 7.42. The molecule has 1 aliphatic heterocycles. The van der Waals surface area contributed by atoms with Crippen molar-refractivity contribution in [3.8, 4) is 10.6 Å². The zero-order valence-electron chi connectivity index (χ0n) is 16.5. The average molecular weight is 443 g/mol. The van der Waals surface area contributed by atoms with E-state index in [1.54, 1.807) is 18.4 Å². The highest BCUT2D eigenvalue weighted by Crippen LogP contribution is 2.27. The first kappa shape index (κ1) is 19.2. The van der Waals surface area contributed by atoms with Crippen molar-refractivity contribution in [3.63, 3.8) is 0 Å². The predicted octanol–water partition coefficient (Wildman–Crippen LogP) is 2.23. The van der Waals surface area contributed by atoms with Crippen molar-refractivity contribution < 1.29 is 0 Å². The summed E-state index contributed by atoms with van der Waals surface area (Å²) < 4.78 is 4.51. The van der Waals surface area contributed by atoms with Crippen LogP contribution in [0, 0.1) is 0 Å². The van der Waals surface area contributed by atoms with Crippen LogP contribution < -0.4 is 11.2 Å². The van der Waals surface area contributed by atoms with Crippen molar-refractivity contribution in [3.05, 3.63) is 67.0 Å². The van der Waals surface area contributed by atoms with E-state index in [0.29, 0.717) is 35.8 Å². The van der Waals surface area contributed by atoms with Crippen LogP contribution in [0.3, 0.4) is 0 Å². The molecule has 5 rings (SSSR count). The van der Waals surface area contributed by atoms with Crippen LogP contribution in [0.5, 0.6) is 0 Å². The van der Waals surface area contributed by atoms with Gasteiger partial charge in [-0.2, -0.15) is 0 Å². The molecule has 0 fully saturated rings. The molecule has 1 aliphatic rings. The number of hydrogen-bond acceptors (Lipinski definition) is 6. The number of thiazole rings is 1. The lowest BCUT2D eigenvalue weighted by Gasteiger charge is -2.26.